The van der Waals surface area contributed by atoms with E-state index in [1.54, 1.807) is 0 Å². The third-order valence-corrected chi connectivity index (χ3v) is 4.36. The van der Waals surface area contributed by atoms with Gasteiger partial charge in [-0.25, -0.2) is 0 Å². The van der Waals surface area contributed by atoms with E-state index in [9.17, 15) is 0 Å². The van der Waals surface area contributed by atoms with Crippen LogP contribution in [0.5, 0.6) is 0 Å². The fourth-order valence-electron chi connectivity index (χ4n) is 3.17. The molecule has 0 radical (unpaired) electrons. The van der Waals surface area contributed by atoms with E-state index in [0.29, 0.717) is 17.8 Å². The Labute approximate surface area is 120 Å². The minimum Gasteiger partial charge on any atom is -0.424 e. The molecule has 3 heterocycles. The molecule has 0 amide bonds. The molecule has 0 aliphatic carbocycles. The average Bonchev–Trinajstić information content (AvgIpc) is 3.12. The van der Waals surface area contributed by atoms with Crippen molar-refractivity contribution in [3.8, 4) is 0 Å². The van der Waals surface area contributed by atoms with Gasteiger partial charge in [0.2, 0.25) is 11.8 Å². The first kappa shape index (κ1) is 14.0. The SMILES string of the molecule is Cc1nnc(CN(C)[C@@H]2CCN(C[C@H]3CCOC3)C2)o1. The molecule has 2 atom stereocenters. The van der Waals surface area contributed by atoms with E-state index in [4.69, 9.17) is 9.15 Å². The molecule has 0 unspecified atom stereocenters. The van der Waals surface area contributed by atoms with Crippen LogP contribution < -0.4 is 0 Å². The fraction of sp³-hybridized carbons (Fsp3) is 0.857. The second-order valence-electron chi connectivity index (χ2n) is 6.06. The van der Waals surface area contributed by atoms with E-state index in [2.05, 4.69) is 27.0 Å². The summed E-state index contributed by atoms with van der Waals surface area (Å²) in [5.41, 5.74) is 0. The van der Waals surface area contributed by atoms with Gasteiger partial charge in [-0.3, -0.25) is 4.90 Å². The molecule has 2 saturated heterocycles. The molecule has 0 saturated carbocycles. The Bertz CT molecular complexity index is 431. The molecule has 6 heteroatoms. The van der Waals surface area contributed by atoms with Crippen LogP contribution in [0.25, 0.3) is 0 Å². The summed E-state index contributed by atoms with van der Waals surface area (Å²) in [4.78, 5) is 4.90. The van der Waals surface area contributed by atoms with Crippen molar-refractivity contribution in [2.75, 3.05) is 39.9 Å². The van der Waals surface area contributed by atoms with E-state index in [1.165, 1.54) is 25.9 Å². The minimum absolute atomic E-state index is 0.588. The molecule has 0 N–H and O–H groups in total. The maximum Gasteiger partial charge on any atom is 0.230 e. The van der Waals surface area contributed by atoms with Crippen LogP contribution in [0.15, 0.2) is 4.42 Å². The lowest BCUT2D eigenvalue weighted by molar-refractivity contribution is 0.167. The summed E-state index contributed by atoms with van der Waals surface area (Å²) in [6.07, 6.45) is 2.44. The van der Waals surface area contributed by atoms with Crippen LogP contribution >= 0.6 is 0 Å². The zero-order chi connectivity index (χ0) is 13.9. The van der Waals surface area contributed by atoms with Crippen molar-refractivity contribution in [1.29, 1.82) is 0 Å². The molecular weight excluding hydrogens is 256 g/mol. The zero-order valence-corrected chi connectivity index (χ0v) is 12.4. The number of likely N-dealkylation sites (N-methyl/N-ethyl adjacent to an activating group) is 1. The first-order chi connectivity index (χ1) is 9.70. The van der Waals surface area contributed by atoms with Crippen LogP contribution in [0.4, 0.5) is 0 Å². The molecule has 20 heavy (non-hydrogen) atoms. The van der Waals surface area contributed by atoms with Crippen molar-refractivity contribution >= 4 is 0 Å². The predicted molar refractivity (Wildman–Crippen MR) is 74.3 cm³/mol. The first-order valence-electron chi connectivity index (χ1n) is 7.50. The fourth-order valence-corrected chi connectivity index (χ4v) is 3.17. The lowest BCUT2D eigenvalue weighted by Crippen LogP contribution is -2.35. The Morgan fingerprint density at radius 3 is 2.95 bits per heavy atom. The number of hydrogen-bond acceptors (Lipinski definition) is 6. The maximum absolute atomic E-state index is 5.46. The molecule has 112 valence electrons. The molecule has 1 aromatic rings. The number of nitrogens with zero attached hydrogens (tertiary/aromatic N) is 4. The van der Waals surface area contributed by atoms with Crippen molar-refractivity contribution in [3.63, 3.8) is 0 Å². The van der Waals surface area contributed by atoms with Crippen molar-refractivity contribution in [2.24, 2.45) is 5.92 Å². The first-order valence-corrected chi connectivity index (χ1v) is 7.50. The van der Waals surface area contributed by atoms with E-state index in [-0.39, 0.29) is 0 Å². The highest BCUT2D eigenvalue weighted by Crippen LogP contribution is 2.20. The standard InChI is InChI=1S/C14H24N4O2/c1-11-15-16-14(20-11)9-17(2)13-3-5-18(8-13)7-12-4-6-19-10-12/h12-13H,3-10H2,1-2H3/t12-,13-/m1/s1. The van der Waals surface area contributed by atoms with Crippen molar-refractivity contribution < 1.29 is 9.15 Å². The molecule has 2 aliphatic rings. The van der Waals surface area contributed by atoms with Crippen LogP contribution in [-0.4, -0.2) is 65.9 Å². The number of likely N-dealkylation sites (tertiary alicyclic amines) is 1. The lowest BCUT2D eigenvalue weighted by Gasteiger charge is -2.24. The van der Waals surface area contributed by atoms with E-state index in [0.717, 1.165) is 32.2 Å². The molecule has 2 aliphatic heterocycles. The zero-order valence-electron chi connectivity index (χ0n) is 12.4. The number of rotatable bonds is 5. The van der Waals surface area contributed by atoms with Crippen molar-refractivity contribution in [1.82, 2.24) is 20.0 Å². The summed E-state index contributed by atoms with van der Waals surface area (Å²) < 4.78 is 10.9. The molecule has 3 rings (SSSR count). The van der Waals surface area contributed by atoms with E-state index >= 15 is 0 Å². The monoisotopic (exact) mass is 280 g/mol. The number of ether oxygens (including phenoxy) is 1. The van der Waals surface area contributed by atoms with Gasteiger partial charge in [0, 0.05) is 32.7 Å². The maximum atomic E-state index is 5.46. The Hall–Kier alpha value is -0.980. The molecule has 0 bridgehead atoms. The van der Waals surface area contributed by atoms with Gasteiger partial charge >= 0.3 is 0 Å². The van der Waals surface area contributed by atoms with Crippen LogP contribution in [0.1, 0.15) is 24.6 Å². The summed E-state index contributed by atoms with van der Waals surface area (Å²) in [6.45, 7) is 7.97. The van der Waals surface area contributed by atoms with Gasteiger partial charge in [0.05, 0.1) is 13.2 Å². The third-order valence-electron chi connectivity index (χ3n) is 4.36. The minimum atomic E-state index is 0.588. The van der Waals surface area contributed by atoms with Gasteiger partial charge in [0.1, 0.15) is 0 Å². The summed E-state index contributed by atoms with van der Waals surface area (Å²) in [5.74, 6) is 2.09. The average molecular weight is 280 g/mol. The Kier molecular flexibility index (Phi) is 4.33. The summed E-state index contributed by atoms with van der Waals surface area (Å²) in [7, 11) is 2.15. The van der Waals surface area contributed by atoms with Crippen LogP contribution in [0.2, 0.25) is 0 Å². The molecule has 1 aromatic heterocycles. The highest BCUT2D eigenvalue weighted by Gasteiger charge is 2.29. The van der Waals surface area contributed by atoms with E-state index in [1.807, 2.05) is 6.92 Å². The lowest BCUT2D eigenvalue weighted by atomic mass is 10.1. The highest BCUT2D eigenvalue weighted by molar-refractivity contribution is 4.86. The molecular formula is C14H24N4O2. The molecule has 0 spiro atoms. The Balaban J connectivity index is 1.46. The predicted octanol–water partition coefficient (Wildman–Crippen LogP) is 0.921. The summed E-state index contributed by atoms with van der Waals surface area (Å²) in [6, 6.07) is 0.588. The molecule has 6 nitrogen and oxygen atoms in total. The number of aromatic nitrogens is 2. The van der Waals surface area contributed by atoms with E-state index < -0.39 is 0 Å². The quantitative estimate of drug-likeness (QED) is 0.799. The number of aryl methyl sites for hydroxylation is 1. The second kappa shape index (κ2) is 6.20. The summed E-state index contributed by atoms with van der Waals surface area (Å²) in [5, 5.41) is 7.95. The van der Waals surface area contributed by atoms with Gasteiger partial charge in [-0.2, -0.15) is 0 Å². The van der Waals surface area contributed by atoms with Crippen LogP contribution in [0.3, 0.4) is 0 Å². The number of hydrogen-bond donors (Lipinski definition) is 0. The normalized spacial score (nSPS) is 27.8. The van der Waals surface area contributed by atoms with Crippen molar-refractivity contribution in [3.05, 3.63) is 11.8 Å². The van der Waals surface area contributed by atoms with Gasteiger partial charge in [0.25, 0.3) is 0 Å². The second-order valence-corrected chi connectivity index (χ2v) is 6.06. The summed E-state index contributed by atoms with van der Waals surface area (Å²) >= 11 is 0. The molecule has 0 aromatic carbocycles. The Morgan fingerprint density at radius 1 is 1.35 bits per heavy atom. The molecule has 2 fully saturated rings. The van der Waals surface area contributed by atoms with Gasteiger partial charge in [-0.05, 0) is 32.4 Å². The topological polar surface area (TPSA) is 54.6 Å². The Morgan fingerprint density at radius 2 is 2.25 bits per heavy atom. The van der Waals surface area contributed by atoms with Gasteiger partial charge in [0.15, 0.2) is 0 Å². The van der Waals surface area contributed by atoms with Gasteiger partial charge in [-0.15, -0.1) is 10.2 Å². The third kappa shape index (κ3) is 3.37. The largest absolute Gasteiger partial charge is 0.424 e. The van der Waals surface area contributed by atoms with Crippen LogP contribution in [0, 0.1) is 12.8 Å². The van der Waals surface area contributed by atoms with Gasteiger partial charge < -0.3 is 14.1 Å². The van der Waals surface area contributed by atoms with Crippen molar-refractivity contribution in [2.45, 2.75) is 32.4 Å². The highest BCUT2D eigenvalue weighted by atomic mass is 16.5. The van der Waals surface area contributed by atoms with Gasteiger partial charge in [-0.1, -0.05) is 0 Å². The van der Waals surface area contributed by atoms with Crippen LogP contribution in [-0.2, 0) is 11.3 Å². The smallest absolute Gasteiger partial charge is 0.230 e.